The van der Waals surface area contributed by atoms with Crippen molar-refractivity contribution in [2.45, 2.75) is 104 Å². The number of nitrogens with one attached hydrogen (secondary N) is 1. The van der Waals surface area contributed by atoms with E-state index in [0.717, 1.165) is 37.0 Å². The summed E-state index contributed by atoms with van der Waals surface area (Å²) in [6.07, 6.45) is 11.7. The normalized spacial score (nSPS) is 42.9. The summed E-state index contributed by atoms with van der Waals surface area (Å²) >= 11 is 0. The van der Waals surface area contributed by atoms with E-state index in [1.54, 1.807) is 0 Å². The molecule has 0 unspecified atom stereocenters. The number of hydrogen-bond donors (Lipinski definition) is 4. The quantitative estimate of drug-likeness (QED) is 0.366. The number of fused-ring (bicyclic) bond motifs is 5. The first kappa shape index (κ1) is 27.3. The smallest absolute Gasteiger partial charge is 0.266 e. The van der Waals surface area contributed by atoms with Crippen molar-refractivity contribution >= 4 is 16.0 Å². The standard InChI is InChI=1S/C27H47NO6S/c1-17(4-9-25(31)28-19(15-29)16-35(32,33)34)22-7-8-23-21-6-5-18-14-20(30)10-12-26(18,2)24(21)11-13-27(22,23)3/h17-24,29-30H,4-16H2,1-3H3,(H,28,31)(H,32,33,34)/t17-,18-,19+,20-,21+,22-,23+,24+,26+,27-/m1/s1. The lowest BCUT2D eigenvalue weighted by Gasteiger charge is -2.61. The predicted octanol–water partition coefficient (Wildman–Crippen LogP) is 3.79. The molecule has 10 atom stereocenters. The second kappa shape index (κ2) is 10.2. The Morgan fingerprint density at radius 1 is 1.03 bits per heavy atom. The lowest BCUT2D eigenvalue weighted by atomic mass is 9.44. The summed E-state index contributed by atoms with van der Waals surface area (Å²) in [5, 5.41) is 22.2. The molecule has 1 amide bonds. The second-order valence-corrected chi connectivity index (χ2v) is 14.5. The van der Waals surface area contributed by atoms with Gasteiger partial charge < -0.3 is 15.5 Å². The van der Waals surface area contributed by atoms with E-state index in [9.17, 15) is 23.4 Å². The Balaban J connectivity index is 1.36. The Labute approximate surface area is 211 Å². The molecule has 4 rings (SSSR count). The minimum Gasteiger partial charge on any atom is -0.394 e. The molecule has 4 N–H and O–H groups in total. The Morgan fingerprint density at radius 3 is 2.40 bits per heavy atom. The third kappa shape index (κ3) is 5.46. The summed E-state index contributed by atoms with van der Waals surface area (Å²) in [4.78, 5) is 12.4. The van der Waals surface area contributed by atoms with Gasteiger partial charge in [0.15, 0.2) is 0 Å². The second-order valence-electron chi connectivity index (χ2n) is 13.0. The SMILES string of the molecule is C[C@H](CCC(=O)N[C@@H](CO)CS(=O)(=O)O)[C@H]1CC[C@H]2[C@@H]3CC[C@@H]4C[C@H](O)CC[C@]4(C)[C@H]3CC[C@]12C. The number of amides is 1. The molecule has 8 heteroatoms. The Hall–Kier alpha value is -0.700. The van der Waals surface area contributed by atoms with Crippen LogP contribution in [0.1, 0.15) is 91.4 Å². The lowest BCUT2D eigenvalue weighted by molar-refractivity contribution is -0.130. The van der Waals surface area contributed by atoms with Gasteiger partial charge in [0.2, 0.25) is 5.91 Å². The fourth-order valence-electron chi connectivity index (χ4n) is 9.46. The molecule has 202 valence electrons. The van der Waals surface area contributed by atoms with E-state index in [1.807, 2.05) is 0 Å². The van der Waals surface area contributed by atoms with E-state index in [1.165, 1.54) is 44.9 Å². The molecule has 7 nitrogen and oxygen atoms in total. The van der Waals surface area contributed by atoms with Gasteiger partial charge in [-0.1, -0.05) is 20.8 Å². The molecule has 0 saturated heterocycles. The van der Waals surface area contributed by atoms with Gasteiger partial charge in [-0.05, 0) is 111 Å². The summed E-state index contributed by atoms with van der Waals surface area (Å²) in [7, 11) is -4.26. The van der Waals surface area contributed by atoms with Crippen LogP contribution in [0.15, 0.2) is 0 Å². The maximum Gasteiger partial charge on any atom is 0.266 e. The van der Waals surface area contributed by atoms with Gasteiger partial charge in [-0.25, -0.2) is 0 Å². The van der Waals surface area contributed by atoms with Crippen LogP contribution in [0.5, 0.6) is 0 Å². The van der Waals surface area contributed by atoms with Crippen LogP contribution < -0.4 is 5.32 Å². The molecule has 0 aromatic rings. The Bertz CT molecular complexity index is 879. The first-order valence-corrected chi connectivity index (χ1v) is 15.5. The average Bonchev–Trinajstić information content (AvgIpc) is 3.14. The minimum atomic E-state index is -4.26. The maximum atomic E-state index is 12.4. The summed E-state index contributed by atoms with van der Waals surface area (Å²) in [6.45, 7) is 6.78. The molecule has 0 aliphatic heterocycles. The molecular weight excluding hydrogens is 466 g/mol. The number of aliphatic hydroxyl groups is 2. The third-order valence-corrected chi connectivity index (χ3v) is 12.0. The van der Waals surface area contributed by atoms with Gasteiger partial charge in [0.25, 0.3) is 10.1 Å². The fourth-order valence-corrected chi connectivity index (χ4v) is 10.2. The highest BCUT2D eigenvalue weighted by Gasteiger charge is 2.60. The number of hydrogen-bond acceptors (Lipinski definition) is 5. The molecular formula is C27H47NO6S. The highest BCUT2D eigenvalue weighted by molar-refractivity contribution is 7.85. The van der Waals surface area contributed by atoms with Crippen molar-refractivity contribution in [2.75, 3.05) is 12.4 Å². The number of rotatable bonds is 8. The van der Waals surface area contributed by atoms with Crippen molar-refractivity contribution in [1.82, 2.24) is 5.32 Å². The lowest BCUT2D eigenvalue weighted by Crippen LogP contribution is -2.54. The zero-order valence-electron chi connectivity index (χ0n) is 21.8. The highest BCUT2D eigenvalue weighted by atomic mass is 32.2. The molecule has 0 spiro atoms. The van der Waals surface area contributed by atoms with Crippen molar-refractivity contribution in [3.63, 3.8) is 0 Å². The summed E-state index contributed by atoms with van der Waals surface area (Å²) in [5.74, 6) is 3.05. The van der Waals surface area contributed by atoms with E-state index in [4.69, 9.17) is 4.55 Å². The first-order valence-electron chi connectivity index (χ1n) is 13.9. The third-order valence-electron chi connectivity index (χ3n) is 11.2. The Kier molecular flexibility index (Phi) is 7.98. The fraction of sp³-hybridized carbons (Fsp3) is 0.963. The zero-order chi connectivity index (χ0) is 25.6. The molecule has 35 heavy (non-hydrogen) atoms. The number of carbonyl (C=O) groups excluding carboxylic acids is 1. The number of carbonyl (C=O) groups is 1. The highest BCUT2D eigenvalue weighted by Crippen LogP contribution is 2.68. The molecule has 0 bridgehead atoms. The molecule has 0 heterocycles. The molecule has 4 fully saturated rings. The van der Waals surface area contributed by atoms with Crippen LogP contribution in [0.25, 0.3) is 0 Å². The van der Waals surface area contributed by atoms with Crippen LogP contribution in [0.2, 0.25) is 0 Å². The van der Waals surface area contributed by atoms with Gasteiger partial charge >= 0.3 is 0 Å². The van der Waals surface area contributed by atoms with Crippen LogP contribution in [0.3, 0.4) is 0 Å². The van der Waals surface area contributed by atoms with Crippen molar-refractivity contribution in [3.05, 3.63) is 0 Å². The van der Waals surface area contributed by atoms with Crippen LogP contribution >= 0.6 is 0 Å². The van der Waals surface area contributed by atoms with Gasteiger partial charge in [0.1, 0.15) is 0 Å². The van der Waals surface area contributed by atoms with E-state index < -0.39 is 28.5 Å². The molecule has 4 aliphatic carbocycles. The summed E-state index contributed by atoms with van der Waals surface area (Å²) in [6, 6.07) is -0.978. The van der Waals surface area contributed by atoms with Crippen LogP contribution in [0.4, 0.5) is 0 Å². The van der Waals surface area contributed by atoms with Crippen molar-refractivity contribution in [2.24, 2.45) is 46.3 Å². The van der Waals surface area contributed by atoms with Crippen LogP contribution in [0, 0.1) is 46.3 Å². The molecule has 4 saturated carbocycles. The van der Waals surface area contributed by atoms with Gasteiger partial charge in [-0.2, -0.15) is 8.42 Å². The van der Waals surface area contributed by atoms with E-state index in [-0.39, 0.29) is 12.0 Å². The van der Waals surface area contributed by atoms with Gasteiger partial charge in [0, 0.05) is 6.42 Å². The predicted molar refractivity (Wildman–Crippen MR) is 135 cm³/mol. The molecule has 4 aliphatic rings. The minimum absolute atomic E-state index is 0.104. The van der Waals surface area contributed by atoms with E-state index in [0.29, 0.717) is 35.0 Å². The van der Waals surface area contributed by atoms with Gasteiger partial charge in [-0.15, -0.1) is 0 Å². The number of aliphatic hydroxyl groups excluding tert-OH is 2. The monoisotopic (exact) mass is 513 g/mol. The van der Waals surface area contributed by atoms with Crippen molar-refractivity contribution in [3.8, 4) is 0 Å². The van der Waals surface area contributed by atoms with Crippen LogP contribution in [-0.4, -0.2) is 53.6 Å². The van der Waals surface area contributed by atoms with E-state index >= 15 is 0 Å². The van der Waals surface area contributed by atoms with Crippen molar-refractivity contribution < 1.29 is 28.0 Å². The molecule has 0 aromatic heterocycles. The van der Waals surface area contributed by atoms with Crippen molar-refractivity contribution in [1.29, 1.82) is 0 Å². The average molecular weight is 514 g/mol. The van der Waals surface area contributed by atoms with E-state index in [2.05, 4.69) is 26.1 Å². The van der Waals surface area contributed by atoms with Gasteiger partial charge in [0.05, 0.1) is 24.5 Å². The molecule has 0 radical (unpaired) electrons. The van der Waals surface area contributed by atoms with Crippen LogP contribution in [-0.2, 0) is 14.9 Å². The first-order chi connectivity index (χ1) is 16.4. The topological polar surface area (TPSA) is 124 Å². The summed E-state index contributed by atoms with van der Waals surface area (Å²) in [5.41, 5.74) is 0.698. The maximum absolute atomic E-state index is 12.4. The summed E-state index contributed by atoms with van der Waals surface area (Å²) < 4.78 is 31.2. The zero-order valence-corrected chi connectivity index (χ0v) is 22.6. The largest absolute Gasteiger partial charge is 0.394 e. The van der Waals surface area contributed by atoms with Gasteiger partial charge in [-0.3, -0.25) is 9.35 Å². The Morgan fingerprint density at radius 2 is 1.71 bits per heavy atom. The molecule has 0 aromatic carbocycles.